The number of nitrogen functional groups attached to an aromatic ring is 1. The number of alkyl halides is 2. The first-order chi connectivity index (χ1) is 9.03. The molecule has 1 aliphatic rings. The van der Waals surface area contributed by atoms with Crippen LogP contribution >= 0.6 is 11.3 Å². The van der Waals surface area contributed by atoms with Gasteiger partial charge in [-0.25, -0.2) is 0 Å². The third kappa shape index (κ3) is 2.41. The van der Waals surface area contributed by atoms with E-state index in [0.29, 0.717) is 17.9 Å². The van der Waals surface area contributed by atoms with Crippen LogP contribution in [0, 0.1) is 0 Å². The molecule has 2 heterocycles. The Kier molecular flexibility index (Phi) is 2.70. The summed E-state index contributed by atoms with van der Waals surface area (Å²) >= 11 is 1.53. The summed E-state index contributed by atoms with van der Waals surface area (Å²) in [5.74, 6) is 0.0559. The first kappa shape index (κ1) is 12.0. The van der Waals surface area contributed by atoms with Gasteiger partial charge in [0.1, 0.15) is 0 Å². The van der Waals surface area contributed by atoms with E-state index in [-0.39, 0.29) is 11.5 Å². The molecule has 100 valence electrons. The number of halogens is 2. The smallest absolute Gasteiger partial charge is 0.398 e. The number of rotatable bonds is 3. The minimum atomic E-state index is -3.58. The molecule has 0 saturated carbocycles. The maximum absolute atomic E-state index is 12.9. The van der Waals surface area contributed by atoms with Gasteiger partial charge in [0.2, 0.25) is 0 Å². The van der Waals surface area contributed by atoms with E-state index in [2.05, 4.69) is 14.8 Å². The molecule has 3 rings (SSSR count). The van der Waals surface area contributed by atoms with Gasteiger partial charge in [-0.05, 0) is 23.6 Å². The SMILES string of the molecule is Nc1ccsc1CNc1ccc2c(c1)OC(F)(F)O2. The Morgan fingerprint density at radius 2 is 2.00 bits per heavy atom. The third-order valence-corrected chi connectivity index (χ3v) is 3.57. The maximum Gasteiger partial charge on any atom is 0.586 e. The molecule has 1 aliphatic heterocycles. The lowest BCUT2D eigenvalue weighted by atomic mass is 10.2. The van der Waals surface area contributed by atoms with E-state index in [4.69, 9.17) is 5.73 Å². The number of nitrogens with two attached hydrogens (primary N) is 1. The predicted molar refractivity (Wildman–Crippen MR) is 68.7 cm³/mol. The van der Waals surface area contributed by atoms with Crippen LogP contribution in [0.5, 0.6) is 11.5 Å². The van der Waals surface area contributed by atoms with Gasteiger partial charge in [-0.1, -0.05) is 0 Å². The average Bonchev–Trinajstić information content (AvgIpc) is 2.87. The molecule has 0 spiro atoms. The highest BCUT2D eigenvalue weighted by Crippen LogP contribution is 2.42. The third-order valence-electron chi connectivity index (χ3n) is 2.63. The first-order valence-corrected chi connectivity index (χ1v) is 6.37. The molecule has 0 radical (unpaired) electrons. The van der Waals surface area contributed by atoms with Crippen LogP contribution in [0.25, 0.3) is 0 Å². The Morgan fingerprint density at radius 1 is 1.21 bits per heavy atom. The van der Waals surface area contributed by atoms with Gasteiger partial charge in [0.25, 0.3) is 0 Å². The zero-order valence-corrected chi connectivity index (χ0v) is 10.5. The second-order valence-electron chi connectivity index (χ2n) is 3.98. The van der Waals surface area contributed by atoms with Crippen molar-refractivity contribution >= 4 is 22.7 Å². The molecule has 0 aliphatic carbocycles. The molecule has 1 aromatic carbocycles. The Hall–Kier alpha value is -2.02. The van der Waals surface area contributed by atoms with Crippen molar-refractivity contribution < 1.29 is 18.3 Å². The molecule has 7 heteroatoms. The number of hydrogen-bond donors (Lipinski definition) is 2. The monoisotopic (exact) mass is 284 g/mol. The number of hydrogen-bond acceptors (Lipinski definition) is 5. The Bertz CT molecular complexity index is 616. The maximum atomic E-state index is 12.9. The molecule has 0 fully saturated rings. The zero-order valence-electron chi connectivity index (χ0n) is 9.65. The quantitative estimate of drug-likeness (QED) is 0.908. The van der Waals surface area contributed by atoms with Gasteiger partial charge in [0, 0.05) is 22.3 Å². The fourth-order valence-corrected chi connectivity index (χ4v) is 2.47. The summed E-state index contributed by atoms with van der Waals surface area (Å²) in [6, 6.07) is 6.38. The summed E-state index contributed by atoms with van der Waals surface area (Å²) in [5, 5.41) is 4.99. The zero-order chi connectivity index (χ0) is 13.5. The molecule has 1 aromatic heterocycles. The highest BCUT2D eigenvalue weighted by Gasteiger charge is 2.43. The Morgan fingerprint density at radius 3 is 2.74 bits per heavy atom. The fraction of sp³-hybridized carbons (Fsp3) is 0.167. The number of thiophene rings is 1. The topological polar surface area (TPSA) is 56.5 Å². The summed E-state index contributed by atoms with van der Waals surface area (Å²) in [6.07, 6.45) is -3.58. The van der Waals surface area contributed by atoms with Crippen molar-refractivity contribution in [1.29, 1.82) is 0 Å². The highest BCUT2D eigenvalue weighted by atomic mass is 32.1. The number of fused-ring (bicyclic) bond motifs is 1. The summed E-state index contributed by atoms with van der Waals surface area (Å²) in [5.41, 5.74) is 7.13. The highest BCUT2D eigenvalue weighted by molar-refractivity contribution is 7.10. The van der Waals surface area contributed by atoms with Gasteiger partial charge in [-0.2, -0.15) is 0 Å². The molecule has 0 saturated heterocycles. The first-order valence-electron chi connectivity index (χ1n) is 5.49. The molecular weight excluding hydrogens is 274 g/mol. The molecule has 0 bridgehead atoms. The van der Waals surface area contributed by atoms with Crippen molar-refractivity contribution in [3.63, 3.8) is 0 Å². The molecular formula is C12H10F2N2O2S. The van der Waals surface area contributed by atoms with Crippen LogP contribution in [-0.2, 0) is 6.54 Å². The van der Waals surface area contributed by atoms with E-state index in [1.807, 2.05) is 11.4 Å². The second kappa shape index (κ2) is 4.27. The minimum absolute atomic E-state index is 0.0224. The molecule has 19 heavy (non-hydrogen) atoms. The van der Waals surface area contributed by atoms with Crippen molar-refractivity contribution in [2.24, 2.45) is 0 Å². The van der Waals surface area contributed by atoms with Crippen molar-refractivity contribution in [3.8, 4) is 11.5 Å². The van der Waals surface area contributed by atoms with Gasteiger partial charge < -0.3 is 20.5 Å². The van der Waals surface area contributed by atoms with Crippen molar-refractivity contribution in [1.82, 2.24) is 0 Å². The molecule has 0 unspecified atom stereocenters. The number of anilines is 2. The molecule has 3 N–H and O–H groups in total. The van der Waals surface area contributed by atoms with Gasteiger partial charge in [-0.15, -0.1) is 20.1 Å². The van der Waals surface area contributed by atoms with E-state index in [0.717, 1.165) is 4.88 Å². The lowest BCUT2D eigenvalue weighted by molar-refractivity contribution is -0.286. The van der Waals surface area contributed by atoms with Crippen LogP contribution in [0.2, 0.25) is 0 Å². The van der Waals surface area contributed by atoms with E-state index >= 15 is 0 Å². The van der Waals surface area contributed by atoms with Gasteiger partial charge in [0.05, 0.1) is 6.54 Å². The van der Waals surface area contributed by atoms with E-state index < -0.39 is 6.29 Å². The van der Waals surface area contributed by atoms with Crippen LogP contribution in [0.15, 0.2) is 29.6 Å². The normalized spacial score (nSPS) is 15.5. The van der Waals surface area contributed by atoms with Crippen molar-refractivity contribution in [2.75, 3.05) is 11.1 Å². The van der Waals surface area contributed by atoms with Crippen molar-refractivity contribution in [3.05, 3.63) is 34.5 Å². The van der Waals surface area contributed by atoms with Crippen molar-refractivity contribution in [2.45, 2.75) is 12.8 Å². The van der Waals surface area contributed by atoms with Crippen LogP contribution < -0.4 is 20.5 Å². The molecule has 4 nitrogen and oxygen atoms in total. The van der Waals surface area contributed by atoms with E-state index in [1.54, 1.807) is 6.07 Å². The summed E-state index contributed by atoms with van der Waals surface area (Å²) in [7, 11) is 0. The predicted octanol–water partition coefficient (Wildman–Crippen LogP) is 3.26. The minimum Gasteiger partial charge on any atom is -0.398 e. The fourth-order valence-electron chi connectivity index (χ4n) is 1.74. The number of nitrogens with one attached hydrogen (secondary N) is 1. The summed E-state index contributed by atoms with van der Waals surface area (Å²) in [4.78, 5) is 0.989. The molecule has 2 aromatic rings. The molecule has 0 amide bonds. The second-order valence-corrected chi connectivity index (χ2v) is 4.98. The number of benzene rings is 1. The standard InChI is InChI=1S/C12H10F2N2O2S/c13-12(14)17-9-2-1-7(5-10(9)18-12)16-6-11-8(15)3-4-19-11/h1-5,16H,6,15H2. The summed E-state index contributed by atoms with van der Waals surface area (Å²) < 4.78 is 34.4. The lowest BCUT2D eigenvalue weighted by Gasteiger charge is -2.06. The molecule has 0 atom stereocenters. The van der Waals surface area contributed by atoms with E-state index in [9.17, 15) is 8.78 Å². The Balaban J connectivity index is 1.72. The average molecular weight is 284 g/mol. The van der Waals surface area contributed by atoms with Gasteiger partial charge >= 0.3 is 6.29 Å². The van der Waals surface area contributed by atoms with Gasteiger partial charge in [0.15, 0.2) is 11.5 Å². The summed E-state index contributed by atoms with van der Waals surface area (Å²) in [6.45, 7) is 0.527. The Labute approximate surface area is 111 Å². The van der Waals surface area contributed by atoms with Crippen LogP contribution in [0.4, 0.5) is 20.2 Å². The van der Waals surface area contributed by atoms with E-state index in [1.165, 1.54) is 23.5 Å². The number of ether oxygens (including phenoxy) is 2. The largest absolute Gasteiger partial charge is 0.586 e. The van der Waals surface area contributed by atoms with Gasteiger partial charge in [-0.3, -0.25) is 0 Å². The van der Waals surface area contributed by atoms with Crippen LogP contribution in [-0.4, -0.2) is 6.29 Å². The lowest BCUT2D eigenvalue weighted by Crippen LogP contribution is -2.25. The van der Waals surface area contributed by atoms with Crippen LogP contribution in [0.3, 0.4) is 0 Å². The van der Waals surface area contributed by atoms with Crippen LogP contribution in [0.1, 0.15) is 4.88 Å².